The summed E-state index contributed by atoms with van der Waals surface area (Å²) in [5, 5.41) is 7.73. The predicted molar refractivity (Wildman–Crippen MR) is 129 cm³/mol. The van der Waals surface area contributed by atoms with Crippen molar-refractivity contribution in [2.75, 3.05) is 16.4 Å². The number of nitrogens with zero attached hydrogens (tertiary/aromatic N) is 3. The average Bonchev–Trinajstić information content (AvgIpc) is 3.11. The Balaban J connectivity index is 1.56. The Kier molecular flexibility index (Phi) is 4.71. The van der Waals surface area contributed by atoms with Gasteiger partial charge in [0.2, 0.25) is 0 Å². The minimum Gasteiger partial charge on any atom is -0.382 e. The lowest BCUT2D eigenvalue weighted by Gasteiger charge is -2.13. The van der Waals surface area contributed by atoms with Crippen molar-refractivity contribution in [3.05, 3.63) is 84.4 Å². The Morgan fingerprint density at radius 2 is 1.78 bits per heavy atom. The molecule has 158 valence electrons. The molecule has 0 bridgehead atoms. The summed E-state index contributed by atoms with van der Waals surface area (Å²) in [5.74, 6) is 1.25. The number of hydrogen-bond acceptors (Lipinski definition) is 4. The number of nitrogen functional groups attached to an aromatic ring is 1. The molecule has 3 aromatic carbocycles. The summed E-state index contributed by atoms with van der Waals surface area (Å²) in [4.78, 5) is 21.7. The summed E-state index contributed by atoms with van der Waals surface area (Å²) >= 11 is 0. The number of fused-ring (bicyclic) bond motifs is 2. The number of imidazole rings is 1. The molecule has 0 aliphatic heterocycles. The van der Waals surface area contributed by atoms with Crippen molar-refractivity contribution in [2.24, 2.45) is 0 Å². The SMILES string of the molecule is Cc1cccc(NC(=O)Nc2ccc(-c3nc(C)n4ccnc(N)c34)c3ccccc23)c1. The average molecular weight is 422 g/mol. The molecule has 0 aliphatic carbocycles. The maximum atomic E-state index is 12.7. The molecule has 5 aromatic rings. The van der Waals surface area contributed by atoms with Crippen molar-refractivity contribution >= 4 is 39.5 Å². The number of rotatable bonds is 3. The van der Waals surface area contributed by atoms with Crippen molar-refractivity contribution < 1.29 is 4.79 Å². The van der Waals surface area contributed by atoms with Crippen LogP contribution < -0.4 is 16.4 Å². The van der Waals surface area contributed by atoms with E-state index in [1.165, 1.54) is 0 Å². The predicted octanol–water partition coefficient (Wildman–Crippen LogP) is 5.39. The van der Waals surface area contributed by atoms with Gasteiger partial charge < -0.3 is 16.4 Å². The normalized spacial score (nSPS) is 11.1. The Labute approximate surface area is 184 Å². The molecule has 2 amide bonds. The van der Waals surface area contributed by atoms with E-state index in [2.05, 4.69) is 15.6 Å². The van der Waals surface area contributed by atoms with E-state index in [4.69, 9.17) is 10.7 Å². The van der Waals surface area contributed by atoms with Gasteiger partial charge in [0, 0.05) is 29.0 Å². The first-order valence-electron chi connectivity index (χ1n) is 10.3. The Bertz CT molecular complexity index is 1490. The van der Waals surface area contributed by atoms with E-state index in [1.807, 2.05) is 85.1 Å². The zero-order valence-electron chi connectivity index (χ0n) is 17.8. The Morgan fingerprint density at radius 1 is 0.969 bits per heavy atom. The van der Waals surface area contributed by atoms with Gasteiger partial charge in [-0.1, -0.05) is 42.5 Å². The van der Waals surface area contributed by atoms with Crippen molar-refractivity contribution in [2.45, 2.75) is 13.8 Å². The van der Waals surface area contributed by atoms with Crippen LogP contribution in [0.5, 0.6) is 0 Å². The van der Waals surface area contributed by atoms with Crippen LogP contribution in [0.3, 0.4) is 0 Å². The van der Waals surface area contributed by atoms with Crippen LogP contribution in [-0.4, -0.2) is 20.4 Å². The maximum absolute atomic E-state index is 12.7. The second-order valence-corrected chi connectivity index (χ2v) is 7.69. The van der Waals surface area contributed by atoms with Crippen LogP contribution in [0.2, 0.25) is 0 Å². The van der Waals surface area contributed by atoms with Gasteiger partial charge in [0.1, 0.15) is 22.9 Å². The highest BCUT2D eigenvalue weighted by Gasteiger charge is 2.17. The van der Waals surface area contributed by atoms with E-state index in [1.54, 1.807) is 6.20 Å². The summed E-state index contributed by atoms with van der Waals surface area (Å²) in [5.41, 5.74) is 11.2. The molecule has 7 nitrogen and oxygen atoms in total. The Hall–Kier alpha value is -4.39. The number of benzene rings is 3. The number of aryl methyl sites for hydroxylation is 2. The maximum Gasteiger partial charge on any atom is 0.323 e. The minimum absolute atomic E-state index is 0.301. The van der Waals surface area contributed by atoms with Gasteiger partial charge in [-0.05, 0) is 43.0 Å². The highest BCUT2D eigenvalue weighted by Crippen LogP contribution is 2.36. The van der Waals surface area contributed by atoms with Gasteiger partial charge >= 0.3 is 6.03 Å². The number of nitrogens with two attached hydrogens (primary N) is 1. The number of anilines is 3. The fourth-order valence-corrected chi connectivity index (χ4v) is 4.02. The molecule has 0 unspecified atom stereocenters. The third-order valence-electron chi connectivity index (χ3n) is 5.46. The van der Waals surface area contributed by atoms with E-state index in [-0.39, 0.29) is 6.03 Å². The van der Waals surface area contributed by atoms with E-state index >= 15 is 0 Å². The minimum atomic E-state index is -0.301. The van der Waals surface area contributed by atoms with Crippen LogP contribution in [0.1, 0.15) is 11.4 Å². The van der Waals surface area contributed by atoms with Crippen molar-refractivity contribution in [1.82, 2.24) is 14.4 Å². The van der Waals surface area contributed by atoms with Crippen LogP contribution >= 0.6 is 0 Å². The summed E-state index contributed by atoms with van der Waals surface area (Å²) in [7, 11) is 0. The molecular weight excluding hydrogens is 400 g/mol. The first kappa shape index (κ1) is 19.6. The van der Waals surface area contributed by atoms with E-state index in [0.29, 0.717) is 11.5 Å². The lowest BCUT2D eigenvalue weighted by Crippen LogP contribution is -2.19. The van der Waals surface area contributed by atoms with Gasteiger partial charge in [-0.25, -0.2) is 14.8 Å². The number of urea groups is 1. The highest BCUT2D eigenvalue weighted by molar-refractivity contribution is 6.10. The first-order chi connectivity index (χ1) is 15.5. The lowest BCUT2D eigenvalue weighted by molar-refractivity contribution is 0.262. The molecule has 0 aliphatic rings. The number of carbonyl (C=O) groups is 1. The fraction of sp³-hybridized carbons (Fsp3) is 0.0800. The van der Waals surface area contributed by atoms with Gasteiger partial charge in [0.25, 0.3) is 0 Å². The number of carbonyl (C=O) groups excluding carboxylic acids is 1. The van der Waals surface area contributed by atoms with Gasteiger partial charge in [-0.15, -0.1) is 0 Å². The molecule has 0 spiro atoms. The molecule has 0 saturated carbocycles. The summed E-state index contributed by atoms with van der Waals surface area (Å²) in [6.07, 6.45) is 3.52. The van der Waals surface area contributed by atoms with Crippen LogP contribution in [0.15, 0.2) is 73.1 Å². The summed E-state index contributed by atoms with van der Waals surface area (Å²) in [6, 6.07) is 19.1. The number of aromatic nitrogens is 3. The number of hydrogen-bond donors (Lipinski definition) is 3. The standard InChI is InChI=1S/C25H22N6O/c1-15-6-5-7-17(14-15)29-25(32)30-21-11-10-20(18-8-3-4-9-19(18)21)22-23-24(26)27-12-13-31(23)16(2)28-22/h3-14H,1-2H3,(H2,26,27)(H2,29,30,32). The van der Waals surface area contributed by atoms with Gasteiger partial charge in [0.15, 0.2) is 0 Å². The largest absolute Gasteiger partial charge is 0.382 e. The second kappa shape index (κ2) is 7.70. The molecule has 7 heteroatoms. The number of nitrogens with one attached hydrogen (secondary N) is 2. The molecule has 32 heavy (non-hydrogen) atoms. The molecule has 4 N–H and O–H groups in total. The summed E-state index contributed by atoms with van der Waals surface area (Å²) < 4.78 is 1.94. The molecule has 0 radical (unpaired) electrons. The number of amides is 2. The van der Waals surface area contributed by atoms with Gasteiger partial charge in [-0.2, -0.15) is 0 Å². The van der Waals surface area contributed by atoms with Crippen molar-refractivity contribution in [3.8, 4) is 11.3 Å². The van der Waals surface area contributed by atoms with Crippen molar-refractivity contribution in [1.29, 1.82) is 0 Å². The Morgan fingerprint density at radius 3 is 2.59 bits per heavy atom. The molecule has 2 aromatic heterocycles. The molecule has 2 heterocycles. The van der Waals surface area contributed by atoms with E-state index in [0.717, 1.165) is 44.6 Å². The molecule has 0 atom stereocenters. The van der Waals surface area contributed by atoms with Crippen LogP contribution in [0.25, 0.3) is 27.5 Å². The second-order valence-electron chi connectivity index (χ2n) is 7.69. The van der Waals surface area contributed by atoms with Gasteiger partial charge in [0.05, 0.1) is 5.69 Å². The van der Waals surface area contributed by atoms with Crippen LogP contribution in [-0.2, 0) is 0 Å². The quantitative estimate of drug-likeness (QED) is 0.363. The zero-order valence-corrected chi connectivity index (χ0v) is 17.8. The van der Waals surface area contributed by atoms with E-state index in [9.17, 15) is 4.79 Å². The highest BCUT2D eigenvalue weighted by atomic mass is 16.2. The molecule has 5 rings (SSSR count). The first-order valence-corrected chi connectivity index (χ1v) is 10.3. The molecule has 0 fully saturated rings. The monoisotopic (exact) mass is 422 g/mol. The fourth-order valence-electron chi connectivity index (χ4n) is 4.02. The smallest absolute Gasteiger partial charge is 0.323 e. The van der Waals surface area contributed by atoms with Crippen molar-refractivity contribution in [3.63, 3.8) is 0 Å². The van der Waals surface area contributed by atoms with Gasteiger partial charge in [-0.3, -0.25) is 4.40 Å². The zero-order chi connectivity index (χ0) is 22.2. The topological polar surface area (TPSA) is 97.3 Å². The third kappa shape index (κ3) is 3.39. The van der Waals surface area contributed by atoms with E-state index < -0.39 is 0 Å². The molecular formula is C25H22N6O. The lowest BCUT2D eigenvalue weighted by atomic mass is 10.00. The molecule has 0 saturated heterocycles. The van der Waals surface area contributed by atoms with Crippen LogP contribution in [0, 0.1) is 13.8 Å². The van der Waals surface area contributed by atoms with Crippen LogP contribution in [0.4, 0.5) is 22.0 Å². The summed E-state index contributed by atoms with van der Waals surface area (Å²) in [6.45, 7) is 3.92. The third-order valence-corrected chi connectivity index (χ3v) is 5.46.